The predicted octanol–water partition coefficient (Wildman–Crippen LogP) is 2.74. The van der Waals surface area contributed by atoms with Crippen LogP contribution in [0.3, 0.4) is 0 Å². The Kier molecular flexibility index (Phi) is 8.68. The van der Waals surface area contributed by atoms with Gasteiger partial charge in [-0.15, -0.1) is 11.8 Å². The van der Waals surface area contributed by atoms with Crippen molar-refractivity contribution in [2.24, 2.45) is 0 Å². The topological polar surface area (TPSA) is 77.3 Å². The van der Waals surface area contributed by atoms with Gasteiger partial charge in [-0.2, -0.15) is 11.8 Å². The molecule has 0 saturated carbocycles. The third-order valence-electron chi connectivity index (χ3n) is 2.38. The van der Waals surface area contributed by atoms with E-state index in [9.17, 15) is 10.1 Å². The molecule has 0 aromatic carbocycles. The van der Waals surface area contributed by atoms with E-state index in [0.717, 1.165) is 29.1 Å². The van der Waals surface area contributed by atoms with Crippen molar-refractivity contribution >= 4 is 23.5 Å². The number of nitrogens with zero attached hydrogens (tertiary/aromatic N) is 2. The van der Waals surface area contributed by atoms with Gasteiger partial charge in [0.15, 0.2) is 0 Å². The maximum absolute atomic E-state index is 10.4. The van der Waals surface area contributed by atoms with Crippen molar-refractivity contribution in [2.75, 3.05) is 25.2 Å². The first kappa shape index (κ1) is 17.6. The summed E-state index contributed by atoms with van der Waals surface area (Å²) in [5.74, 6) is 2.40. The first-order valence-electron chi connectivity index (χ1n) is 6.45. The van der Waals surface area contributed by atoms with Crippen LogP contribution in [0.4, 0.5) is 0 Å². The van der Waals surface area contributed by atoms with E-state index in [-0.39, 0.29) is 0 Å². The number of pyridine rings is 1. The number of nitro groups is 1. The van der Waals surface area contributed by atoms with Gasteiger partial charge < -0.3 is 10.1 Å². The van der Waals surface area contributed by atoms with Crippen molar-refractivity contribution in [3.8, 4) is 5.75 Å². The van der Waals surface area contributed by atoms with Crippen molar-refractivity contribution in [1.82, 2.24) is 10.3 Å². The first-order valence-corrected chi connectivity index (χ1v) is 8.83. The van der Waals surface area contributed by atoms with Crippen LogP contribution in [0.15, 0.2) is 29.6 Å². The van der Waals surface area contributed by atoms with E-state index < -0.39 is 4.92 Å². The zero-order valence-corrected chi connectivity index (χ0v) is 13.7. The van der Waals surface area contributed by atoms with E-state index in [4.69, 9.17) is 4.74 Å². The fourth-order valence-corrected chi connectivity index (χ4v) is 2.74. The Morgan fingerprint density at radius 2 is 2.43 bits per heavy atom. The Labute approximate surface area is 132 Å². The molecule has 1 aromatic heterocycles. The van der Waals surface area contributed by atoms with E-state index >= 15 is 0 Å². The Bertz CT molecular complexity index is 483. The summed E-state index contributed by atoms with van der Waals surface area (Å²) < 4.78 is 5.51. The summed E-state index contributed by atoms with van der Waals surface area (Å²) in [7, 11) is 0. The number of aromatic nitrogens is 1. The van der Waals surface area contributed by atoms with Gasteiger partial charge in [0.1, 0.15) is 10.8 Å². The quantitative estimate of drug-likeness (QED) is 0.402. The van der Waals surface area contributed by atoms with Gasteiger partial charge in [0.25, 0.3) is 6.20 Å². The normalized spacial score (nSPS) is 11.2. The van der Waals surface area contributed by atoms with Gasteiger partial charge in [0.05, 0.1) is 17.2 Å². The Morgan fingerprint density at radius 1 is 1.62 bits per heavy atom. The maximum Gasteiger partial charge on any atom is 0.263 e. The molecule has 116 valence electrons. The van der Waals surface area contributed by atoms with Gasteiger partial charge in [-0.05, 0) is 25.3 Å². The molecule has 1 aromatic rings. The molecule has 6 nitrogen and oxygen atoms in total. The monoisotopic (exact) mass is 329 g/mol. The van der Waals surface area contributed by atoms with Crippen LogP contribution in [0.1, 0.15) is 12.6 Å². The highest BCUT2D eigenvalue weighted by atomic mass is 32.2. The molecule has 1 heterocycles. The highest BCUT2D eigenvalue weighted by molar-refractivity contribution is 8.02. The third kappa shape index (κ3) is 7.24. The van der Waals surface area contributed by atoms with Gasteiger partial charge in [-0.1, -0.05) is 0 Å². The minimum atomic E-state index is -0.450. The molecule has 0 spiro atoms. The Hall–Kier alpha value is -1.41. The Balaban J connectivity index is 2.33. The molecule has 0 unspecified atom stereocenters. The zero-order valence-electron chi connectivity index (χ0n) is 12.1. The van der Waals surface area contributed by atoms with Crippen LogP contribution in [0, 0.1) is 10.1 Å². The molecule has 0 radical (unpaired) electrons. The molecule has 0 aliphatic carbocycles. The smallest absolute Gasteiger partial charge is 0.263 e. The van der Waals surface area contributed by atoms with Gasteiger partial charge in [-0.3, -0.25) is 15.1 Å². The summed E-state index contributed by atoms with van der Waals surface area (Å²) in [5, 5.41) is 14.0. The summed E-state index contributed by atoms with van der Waals surface area (Å²) in [6.07, 6.45) is 4.54. The largest absolute Gasteiger partial charge is 0.492 e. The number of hydrogen-bond donors (Lipinski definition) is 1. The van der Waals surface area contributed by atoms with E-state index in [1.165, 1.54) is 11.8 Å². The van der Waals surface area contributed by atoms with E-state index in [1.807, 2.05) is 19.1 Å². The number of hydrogen-bond acceptors (Lipinski definition) is 7. The highest BCUT2D eigenvalue weighted by Gasteiger charge is 2.04. The predicted molar refractivity (Wildman–Crippen MR) is 88.2 cm³/mol. The maximum atomic E-state index is 10.4. The second-order valence-electron chi connectivity index (χ2n) is 3.84. The van der Waals surface area contributed by atoms with Crippen LogP contribution in [0.25, 0.3) is 0 Å². The number of ether oxygens (including phenoxy) is 1. The summed E-state index contributed by atoms with van der Waals surface area (Å²) in [6.45, 7) is 3.23. The molecule has 0 bridgehead atoms. The first-order chi connectivity index (χ1) is 10.2. The highest BCUT2D eigenvalue weighted by Crippen LogP contribution is 2.20. The van der Waals surface area contributed by atoms with Crippen LogP contribution < -0.4 is 10.1 Å². The van der Waals surface area contributed by atoms with Gasteiger partial charge in [0, 0.05) is 24.2 Å². The average molecular weight is 329 g/mol. The van der Waals surface area contributed by atoms with E-state index in [1.54, 1.807) is 24.2 Å². The summed E-state index contributed by atoms with van der Waals surface area (Å²) in [4.78, 5) is 14.3. The molecule has 0 fully saturated rings. The second kappa shape index (κ2) is 10.3. The molecule has 1 N–H and O–H groups in total. The van der Waals surface area contributed by atoms with Gasteiger partial charge in [0.2, 0.25) is 0 Å². The van der Waals surface area contributed by atoms with Gasteiger partial charge >= 0.3 is 0 Å². The van der Waals surface area contributed by atoms with Crippen LogP contribution >= 0.6 is 23.5 Å². The lowest BCUT2D eigenvalue weighted by Crippen LogP contribution is -2.15. The summed E-state index contributed by atoms with van der Waals surface area (Å²) in [5.41, 5.74) is 0.926. The molecule has 1 rings (SSSR count). The standard InChI is InChI=1S/C13H19N3O3S2/c1-3-19-12-5-4-6-14-11(12)10-21-8-7-15-13(20-2)9-16(17)18/h4-6,9,15H,3,7-8,10H2,1-2H3/b13-9-. The fraction of sp³-hybridized carbons (Fsp3) is 0.462. The minimum absolute atomic E-state index is 0.450. The average Bonchev–Trinajstić information content (AvgIpc) is 2.47. The second-order valence-corrected chi connectivity index (χ2v) is 5.80. The van der Waals surface area contributed by atoms with Crippen molar-refractivity contribution in [3.63, 3.8) is 0 Å². The molecule has 0 atom stereocenters. The van der Waals surface area contributed by atoms with Crippen LogP contribution in [-0.4, -0.2) is 35.1 Å². The third-order valence-corrected chi connectivity index (χ3v) is 4.04. The molecule has 8 heteroatoms. The Morgan fingerprint density at radius 3 is 3.10 bits per heavy atom. The number of nitrogens with one attached hydrogen (secondary N) is 1. The summed E-state index contributed by atoms with van der Waals surface area (Å²) >= 11 is 3.03. The minimum Gasteiger partial charge on any atom is -0.492 e. The molecule has 0 aliphatic rings. The molecule has 21 heavy (non-hydrogen) atoms. The van der Waals surface area contributed by atoms with Crippen LogP contribution in [0.5, 0.6) is 5.75 Å². The molecular formula is C13H19N3O3S2. The van der Waals surface area contributed by atoms with E-state index in [2.05, 4.69) is 10.3 Å². The summed E-state index contributed by atoms with van der Waals surface area (Å²) in [6, 6.07) is 3.77. The molecule has 0 aliphatic heterocycles. The number of rotatable bonds is 10. The van der Waals surface area contributed by atoms with Crippen molar-refractivity contribution in [1.29, 1.82) is 0 Å². The fourth-order valence-electron chi connectivity index (χ4n) is 1.50. The van der Waals surface area contributed by atoms with E-state index in [0.29, 0.717) is 18.2 Å². The lowest BCUT2D eigenvalue weighted by molar-refractivity contribution is -0.403. The lowest BCUT2D eigenvalue weighted by atomic mass is 10.3. The van der Waals surface area contributed by atoms with Gasteiger partial charge in [-0.25, -0.2) is 0 Å². The van der Waals surface area contributed by atoms with Crippen molar-refractivity contribution in [2.45, 2.75) is 12.7 Å². The van der Waals surface area contributed by atoms with Crippen LogP contribution in [-0.2, 0) is 5.75 Å². The SMILES string of the molecule is CCOc1cccnc1CSCCN/C(=C/[N+](=O)[O-])SC. The van der Waals surface area contributed by atoms with Crippen molar-refractivity contribution in [3.05, 3.63) is 45.4 Å². The number of thioether (sulfide) groups is 2. The molecule has 0 saturated heterocycles. The molecule has 0 amide bonds. The zero-order chi connectivity index (χ0) is 15.5. The van der Waals surface area contributed by atoms with Crippen molar-refractivity contribution < 1.29 is 9.66 Å². The lowest BCUT2D eigenvalue weighted by Gasteiger charge is -2.09. The van der Waals surface area contributed by atoms with Crippen LogP contribution in [0.2, 0.25) is 0 Å². The molecular weight excluding hydrogens is 310 g/mol.